The molecule has 1 aromatic heterocycles. The summed E-state index contributed by atoms with van der Waals surface area (Å²) in [6.07, 6.45) is 2.29. The largest absolute Gasteiger partial charge is 0.478 e. The highest BCUT2D eigenvalue weighted by Gasteiger charge is 2.21. The number of aryl methyl sites for hydroxylation is 1. The molecule has 5 aromatic rings. The average Bonchev–Trinajstić information content (AvgIpc) is 3.41. The van der Waals surface area contributed by atoms with Crippen molar-refractivity contribution >= 4 is 17.0 Å². The lowest BCUT2D eigenvalue weighted by Gasteiger charge is -2.31. The molecule has 1 aliphatic rings. The van der Waals surface area contributed by atoms with Gasteiger partial charge in [0.15, 0.2) is 5.82 Å². The van der Waals surface area contributed by atoms with E-state index in [-0.39, 0.29) is 33.9 Å². The molecule has 0 unspecified atom stereocenters. The Kier molecular flexibility index (Phi) is 7.92. The Morgan fingerprint density at radius 1 is 1.00 bits per heavy atom. The maximum atomic E-state index is 15.6. The second-order valence-electron chi connectivity index (χ2n) is 11.1. The Hall–Kier alpha value is -4.60. The van der Waals surface area contributed by atoms with Crippen molar-refractivity contribution in [1.82, 2.24) is 14.9 Å². The van der Waals surface area contributed by atoms with E-state index in [2.05, 4.69) is 39.1 Å². The number of halogens is 2. The molecule has 1 fully saturated rings. The van der Waals surface area contributed by atoms with Gasteiger partial charge in [0.05, 0.1) is 16.6 Å². The van der Waals surface area contributed by atoms with Crippen molar-refractivity contribution in [3.05, 3.63) is 101 Å². The van der Waals surface area contributed by atoms with Crippen molar-refractivity contribution in [3.8, 4) is 34.0 Å². The third-order valence-corrected chi connectivity index (χ3v) is 8.21. The molecule has 0 aliphatic carbocycles. The van der Waals surface area contributed by atoms with Crippen LogP contribution in [0.25, 0.3) is 33.3 Å². The van der Waals surface area contributed by atoms with E-state index in [1.54, 1.807) is 31.2 Å². The number of carbonyl (C=O) groups is 1. The molecule has 0 saturated carbocycles. The van der Waals surface area contributed by atoms with Crippen molar-refractivity contribution in [2.45, 2.75) is 26.3 Å². The lowest BCUT2D eigenvalue weighted by Crippen LogP contribution is -2.35. The first-order chi connectivity index (χ1) is 20.8. The fourth-order valence-electron chi connectivity index (χ4n) is 5.65. The Morgan fingerprint density at radius 3 is 2.30 bits per heavy atom. The van der Waals surface area contributed by atoms with E-state index in [1.165, 1.54) is 17.7 Å². The van der Waals surface area contributed by atoms with Crippen LogP contribution in [-0.4, -0.2) is 45.6 Å². The summed E-state index contributed by atoms with van der Waals surface area (Å²) in [6.45, 7) is 5.48. The normalized spacial score (nSPS) is 14.3. The zero-order chi connectivity index (χ0) is 30.1. The smallest absolute Gasteiger partial charge is 0.336 e. The van der Waals surface area contributed by atoms with Gasteiger partial charge in [-0.1, -0.05) is 54.6 Å². The second kappa shape index (κ2) is 11.9. The summed E-state index contributed by atoms with van der Waals surface area (Å²) >= 11 is 0. The Balaban J connectivity index is 1.19. The highest BCUT2D eigenvalue weighted by Crippen LogP contribution is 2.34. The fraction of sp³-hybridized carbons (Fsp3) is 0.235. The summed E-state index contributed by atoms with van der Waals surface area (Å²) < 4.78 is 36.5. The summed E-state index contributed by atoms with van der Waals surface area (Å²) in [5, 5.41) is 9.36. The van der Waals surface area contributed by atoms with Crippen molar-refractivity contribution in [2.75, 3.05) is 19.6 Å². The van der Waals surface area contributed by atoms with Crippen LogP contribution in [0.5, 0.6) is 11.8 Å². The molecule has 9 heteroatoms. The SMILES string of the molecule is Cc1ccc(Oc2nc3c(F)c(-c4ccc(-c5ccc(CN6CCC(CN)CC6)cc5)cc4)c(F)cc3[nH]2)cc1C(=O)O. The third kappa shape index (κ3) is 6.00. The number of rotatable bonds is 8. The van der Waals surface area contributed by atoms with Crippen molar-refractivity contribution in [1.29, 1.82) is 0 Å². The molecule has 1 aliphatic heterocycles. The van der Waals surface area contributed by atoms with Gasteiger partial charge in [0.2, 0.25) is 0 Å². The molecule has 2 heterocycles. The number of hydrogen-bond acceptors (Lipinski definition) is 5. The van der Waals surface area contributed by atoms with Gasteiger partial charge >= 0.3 is 5.97 Å². The quantitative estimate of drug-likeness (QED) is 0.180. The number of H-pyrrole nitrogens is 1. The molecule has 220 valence electrons. The van der Waals surface area contributed by atoms with E-state index in [9.17, 15) is 9.90 Å². The summed E-state index contributed by atoms with van der Waals surface area (Å²) in [7, 11) is 0. The second-order valence-corrected chi connectivity index (χ2v) is 11.1. The highest BCUT2D eigenvalue weighted by molar-refractivity contribution is 5.90. The predicted molar refractivity (Wildman–Crippen MR) is 162 cm³/mol. The van der Waals surface area contributed by atoms with Gasteiger partial charge in [0.25, 0.3) is 6.01 Å². The first-order valence-corrected chi connectivity index (χ1v) is 14.3. The molecular formula is C34H32F2N4O3. The van der Waals surface area contributed by atoms with E-state index in [0.29, 0.717) is 17.0 Å². The van der Waals surface area contributed by atoms with Crippen LogP contribution >= 0.6 is 0 Å². The summed E-state index contributed by atoms with van der Waals surface area (Å²) in [4.78, 5) is 20.8. The summed E-state index contributed by atoms with van der Waals surface area (Å²) in [6, 6.07) is 21.1. The van der Waals surface area contributed by atoms with Crippen LogP contribution in [-0.2, 0) is 6.54 Å². The lowest BCUT2D eigenvalue weighted by molar-refractivity contribution is 0.0695. The molecule has 0 atom stereocenters. The number of carboxylic acid groups (broad SMARTS) is 1. The molecule has 7 nitrogen and oxygen atoms in total. The van der Waals surface area contributed by atoms with Crippen LogP contribution in [0.4, 0.5) is 8.78 Å². The van der Waals surface area contributed by atoms with Crippen molar-refractivity contribution in [2.24, 2.45) is 11.7 Å². The van der Waals surface area contributed by atoms with E-state index in [4.69, 9.17) is 10.5 Å². The molecule has 6 rings (SSSR count). The fourth-order valence-corrected chi connectivity index (χ4v) is 5.65. The molecule has 0 radical (unpaired) electrons. The number of imidazole rings is 1. The Bertz CT molecular complexity index is 1780. The number of nitrogens with one attached hydrogen (secondary N) is 1. The number of fused-ring (bicyclic) bond motifs is 1. The van der Waals surface area contributed by atoms with Crippen molar-refractivity contribution in [3.63, 3.8) is 0 Å². The topological polar surface area (TPSA) is 104 Å². The minimum atomic E-state index is -1.09. The zero-order valence-corrected chi connectivity index (χ0v) is 23.7. The maximum Gasteiger partial charge on any atom is 0.336 e. The minimum Gasteiger partial charge on any atom is -0.478 e. The Labute approximate surface area is 247 Å². The van der Waals surface area contributed by atoms with Gasteiger partial charge in [-0.15, -0.1) is 0 Å². The number of aromatic carboxylic acids is 1. The van der Waals surface area contributed by atoms with Gasteiger partial charge in [0.1, 0.15) is 17.1 Å². The van der Waals surface area contributed by atoms with E-state index >= 15 is 8.78 Å². The number of nitrogens with zero attached hydrogens (tertiary/aromatic N) is 2. The van der Waals surface area contributed by atoms with Gasteiger partial charge in [-0.05, 0) is 85.3 Å². The van der Waals surface area contributed by atoms with Crippen LogP contribution in [0.3, 0.4) is 0 Å². The molecule has 1 saturated heterocycles. The van der Waals surface area contributed by atoms with Gasteiger partial charge in [-0.25, -0.2) is 13.6 Å². The standard InChI is InChI=1S/C34H32F2N4O3/c1-20-2-11-26(16-27(20)33(41)42)43-34-38-29-17-28(35)30(31(36)32(29)39-34)25-9-7-24(8-10-25)23-5-3-22(4-6-23)19-40-14-12-21(18-37)13-15-40/h2-11,16-17,21H,12-15,18-19,37H2,1H3,(H,38,39)(H,41,42). The maximum absolute atomic E-state index is 15.6. The number of aromatic nitrogens is 2. The molecule has 0 bridgehead atoms. The number of benzene rings is 4. The first-order valence-electron chi connectivity index (χ1n) is 14.3. The van der Waals surface area contributed by atoms with E-state index in [1.807, 2.05) is 12.1 Å². The number of ether oxygens (including phenoxy) is 1. The van der Waals surface area contributed by atoms with Gasteiger partial charge in [-0.2, -0.15) is 4.98 Å². The van der Waals surface area contributed by atoms with Crippen LogP contribution in [0.1, 0.15) is 34.3 Å². The van der Waals surface area contributed by atoms with Gasteiger partial charge in [0, 0.05) is 12.6 Å². The third-order valence-electron chi connectivity index (χ3n) is 8.21. The molecule has 0 spiro atoms. The minimum absolute atomic E-state index is 0.0753. The average molecular weight is 583 g/mol. The Morgan fingerprint density at radius 2 is 1.65 bits per heavy atom. The summed E-state index contributed by atoms with van der Waals surface area (Å²) in [5.41, 5.74) is 9.90. The molecule has 4 N–H and O–H groups in total. The molecule has 43 heavy (non-hydrogen) atoms. The van der Waals surface area contributed by atoms with Crippen molar-refractivity contribution < 1.29 is 23.4 Å². The van der Waals surface area contributed by atoms with E-state index in [0.717, 1.165) is 50.1 Å². The zero-order valence-electron chi connectivity index (χ0n) is 23.7. The molecule has 4 aromatic carbocycles. The van der Waals surface area contributed by atoms with Crippen LogP contribution < -0.4 is 10.5 Å². The number of carboxylic acids is 1. The van der Waals surface area contributed by atoms with Crippen LogP contribution in [0, 0.1) is 24.5 Å². The van der Waals surface area contributed by atoms with E-state index < -0.39 is 17.6 Å². The van der Waals surface area contributed by atoms with Crippen LogP contribution in [0.2, 0.25) is 0 Å². The monoisotopic (exact) mass is 582 g/mol. The van der Waals surface area contributed by atoms with Gasteiger partial charge in [-0.3, -0.25) is 4.90 Å². The first kappa shape index (κ1) is 28.5. The molecular weight excluding hydrogens is 550 g/mol. The highest BCUT2D eigenvalue weighted by atomic mass is 19.1. The summed E-state index contributed by atoms with van der Waals surface area (Å²) in [5.74, 6) is -1.81. The van der Waals surface area contributed by atoms with Gasteiger partial charge < -0.3 is 20.6 Å². The number of aromatic amines is 1. The number of hydrogen-bond donors (Lipinski definition) is 3. The lowest BCUT2D eigenvalue weighted by atomic mass is 9.96. The molecule has 0 amide bonds. The number of nitrogens with two attached hydrogens (primary N) is 1. The number of likely N-dealkylation sites (tertiary alicyclic amines) is 1. The van der Waals surface area contributed by atoms with Crippen LogP contribution in [0.15, 0.2) is 72.8 Å². The number of piperidine rings is 1. The predicted octanol–water partition coefficient (Wildman–Crippen LogP) is 7.14.